The van der Waals surface area contributed by atoms with Crippen molar-refractivity contribution in [2.24, 2.45) is 0 Å². The number of nitrogens with zero attached hydrogens (tertiary/aromatic N) is 1. The van der Waals surface area contributed by atoms with E-state index in [1.807, 2.05) is 62.4 Å². The number of ether oxygens (including phenoxy) is 2. The summed E-state index contributed by atoms with van der Waals surface area (Å²) in [4.78, 5) is 12.7. The lowest BCUT2D eigenvalue weighted by molar-refractivity contribution is -0.112. The molecule has 0 radical (unpaired) electrons. The van der Waals surface area contributed by atoms with Gasteiger partial charge in [-0.25, -0.2) is 0 Å². The summed E-state index contributed by atoms with van der Waals surface area (Å²) in [5, 5.41) is 14.7. The molecule has 0 bridgehead atoms. The van der Waals surface area contributed by atoms with E-state index >= 15 is 0 Å². The van der Waals surface area contributed by atoms with Crippen LogP contribution in [-0.4, -0.2) is 13.0 Å². The Balaban J connectivity index is 1.51. The van der Waals surface area contributed by atoms with Crippen molar-refractivity contribution in [3.8, 4) is 17.6 Å². The molecule has 0 spiro atoms. The molecule has 4 rings (SSSR count). The molecule has 0 atom stereocenters. The maximum absolute atomic E-state index is 12.7. The van der Waals surface area contributed by atoms with E-state index in [2.05, 4.69) is 23.5 Å². The quantitative estimate of drug-likeness (QED) is 0.248. The molecule has 35 heavy (non-hydrogen) atoms. The molecule has 4 aromatic rings. The number of hydrogen-bond acceptors (Lipinski definition) is 4. The van der Waals surface area contributed by atoms with E-state index in [0.717, 1.165) is 27.5 Å². The number of anilines is 1. The van der Waals surface area contributed by atoms with E-state index in [-0.39, 0.29) is 5.57 Å². The van der Waals surface area contributed by atoms with Crippen molar-refractivity contribution in [3.05, 3.63) is 107 Å². The van der Waals surface area contributed by atoms with Gasteiger partial charge in [-0.1, -0.05) is 54.6 Å². The Hall–Kier alpha value is -4.56. The molecule has 5 heteroatoms. The Labute approximate surface area is 205 Å². The molecule has 0 unspecified atom stereocenters. The highest BCUT2D eigenvalue weighted by molar-refractivity contribution is 6.09. The molecule has 5 nitrogen and oxygen atoms in total. The predicted octanol–water partition coefficient (Wildman–Crippen LogP) is 6.59. The number of amides is 1. The second kappa shape index (κ2) is 10.6. The van der Waals surface area contributed by atoms with Crippen LogP contribution in [0.1, 0.15) is 22.3 Å². The third-order valence-electron chi connectivity index (χ3n) is 5.89. The lowest BCUT2D eigenvalue weighted by atomic mass is 10.1. The van der Waals surface area contributed by atoms with Crippen molar-refractivity contribution in [1.82, 2.24) is 0 Å². The van der Waals surface area contributed by atoms with Crippen LogP contribution in [0.5, 0.6) is 11.5 Å². The first-order valence-electron chi connectivity index (χ1n) is 11.3. The Morgan fingerprint density at radius 2 is 1.74 bits per heavy atom. The van der Waals surface area contributed by atoms with Gasteiger partial charge in [-0.2, -0.15) is 5.26 Å². The minimum Gasteiger partial charge on any atom is -0.493 e. The third kappa shape index (κ3) is 5.51. The van der Waals surface area contributed by atoms with Gasteiger partial charge in [0, 0.05) is 5.69 Å². The molecule has 0 aliphatic heterocycles. The van der Waals surface area contributed by atoms with E-state index in [9.17, 15) is 10.1 Å². The van der Waals surface area contributed by atoms with Crippen LogP contribution in [0.4, 0.5) is 5.69 Å². The zero-order valence-corrected chi connectivity index (χ0v) is 20.0. The summed E-state index contributed by atoms with van der Waals surface area (Å²) in [5.74, 6) is 0.632. The molecule has 0 aliphatic rings. The van der Waals surface area contributed by atoms with Gasteiger partial charge in [0.15, 0.2) is 11.5 Å². The summed E-state index contributed by atoms with van der Waals surface area (Å²) >= 11 is 0. The van der Waals surface area contributed by atoms with Gasteiger partial charge in [0.05, 0.1) is 7.11 Å². The third-order valence-corrected chi connectivity index (χ3v) is 5.89. The van der Waals surface area contributed by atoms with Crippen LogP contribution < -0.4 is 14.8 Å². The minimum atomic E-state index is -0.467. The van der Waals surface area contributed by atoms with E-state index < -0.39 is 5.91 Å². The fourth-order valence-electron chi connectivity index (χ4n) is 3.80. The number of rotatable bonds is 7. The van der Waals surface area contributed by atoms with Gasteiger partial charge >= 0.3 is 0 Å². The highest BCUT2D eigenvalue weighted by Crippen LogP contribution is 2.30. The van der Waals surface area contributed by atoms with Crippen molar-refractivity contribution in [2.45, 2.75) is 20.5 Å². The van der Waals surface area contributed by atoms with Gasteiger partial charge in [0.1, 0.15) is 18.2 Å². The van der Waals surface area contributed by atoms with Crippen molar-refractivity contribution in [3.63, 3.8) is 0 Å². The fourth-order valence-corrected chi connectivity index (χ4v) is 3.80. The minimum absolute atomic E-state index is 0.00490. The van der Waals surface area contributed by atoms with Crippen molar-refractivity contribution >= 4 is 28.4 Å². The summed E-state index contributed by atoms with van der Waals surface area (Å²) in [6.07, 6.45) is 1.54. The highest BCUT2D eigenvalue weighted by Gasteiger charge is 2.12. The number of nitrogens with one attached hydrogen (secondary N) is 1. The first-order valence-corrected chi connectivity index (χ1v) is 11.3. The van der Waals surface area contributed by atoms with E-state index in [0.29, 0.717) is 29.4 Å². The first kappa shape index (κ1) is 23.6. The Kier molecular flexibility index (Phi) is 7.13. The largest absolute Gasteiger partial charge is 0.493 e. The van der Waals surface area contributed by atoms with Gasteiger partial charge in [-0.05, 0) is 77.2 Å². The van der Waals surface area contributed by atoms with Crippen LogP contribution in [0.25, 0.3) is 16.8 Å². The maximum atomic E-state index is 12.7. The van der Waals surface area contributed by atoms with Crippen LogP contribution in [0.2, 0.25) is 0 Å². The summed E-state index contributed by atoms with van der Waals surface area (Å²) < 4.78 is 11.6. The average Bonchev–Trinajstić information content (AvgIpc) is 2.88. The normalized spacial score (nSPS) is 11.1. The summed E-state index contributed by atoms with van der Waals surface area (Å²) in [7, 11) is 1.56. The van der Waals surface area contributed by atoms with Gasteiger partial charge in [0.2, 0.25) is 0 Å². The van der Waals surface area contributed by atoms with E-state index in [1.165, 1.54) is 6.08 Å². The summed E-state index contributed by atoms with van der Waals surface area (Å²) in [6.45, 7) is 4.36. The molecule has 1 amide bonds. The van der Waals surface area contributed by atoms with Crippen LogP contribution in [0.15, 0.2) is 84.4 Å². The molecule has 0 aromatic heterocycles. The number of fused-ring (bicyclic) bond motifs is 1. The summed E-state index contributed by atoms with van der Waals surface area (Å²) in [6, 6.07) is 27.2. The van der Waals surface area contributed by atoms with Crippen molar-refractivity contribution in [2.75, 3.05) is 12.4 Å². The monoisotopic (exact) mass is 462 g/mol. The van der Waals surface area contributed by atoms with Crippen LogP contribution in [-0.2, 0) is 11.4 Å². The number of benzene rings is 4. The molecule has 0 heterocycles. The predicted molar refractivity (Wildman–Crippen MR) is 139 cm³/mol. The molecule has 0 aliphatic carbocycles. The first-order chi connectivity index (χ1) is 17.0. The van der Waals surface area contributed by atoms with Crippen LogP contribution in [0, 0.1) is 25.2 Å². The van der Waals surface area contributed by atoms with Crippen molar-refractivity contribution in [1.29, 1.82) is 5.26 Å². The molecule has 1 N–H and O–H groups in total. The zero-order valence-electron chi connectivity index (χ0n) is 20.0. The van der Waals surface area contributed by atoms with E-state index in [1.54, 1.807) is 25.3 Å². The Bertz CT molecular complexity index is 1460. The van der Waals surface area contributed by atoms with E-state index in [4.69, 9.17) is 9.47 Å². The topological polar surface area (TPSA) is 71.3 Å². The molecule has 0 saturated heterocycles. The fraction of sp³-hybridized carbons (Fsp3) is 0.133. The molecule has 174 valence electrons. The molecule has 0 saturated carbocycles. The Morgan fingerprint density at radius 1 is 0.943 bits per heavy atom. The van der Waals surface area contributed by atoms with Gasteiger partial charge in [0.25, 0.3) is 5.91 Å². The van der Waals surface area contributed by atoms with Gasteiger partial charge < -0.3 is 14.8 Å². The zero-order chi connectivity index (χ0) is 24.8. The maximum Gasteiger partial charge on any atom is 0.266 e. The number of carbonyl (C=O) groups is 1. The molecule has 4 aromatic carbocycles. The highest BCUT2D eigenvalue weighted by atomic mass is 16.5. The standard InChI is InChI=1S/C30H26N2O3/c1-20-11-13-26(15-21(20)2)32-30(33)25(18-31)16-22-12-14-28(29(17-22)34-3)35-19-24-9-6-8-23-7-4-5-10-27(23)24/h4-17H,19H2,1-3H3,(H,32,33)/b25-16+. The SMILES string of the molecule is COc1cc(/C=C(\C#N)C(=O)Nc2ccc(C)c(C)c2)ccc1OCc1cccc2ccccc12. The van der Waals surface area contributed by atoms with Gasteiger partial charge in [-0.15, -0.1) is 0 Å². The number of aryl methyl sites for hydroxylation is 2. The van der Waals surface area contributed by atoms with Crippen LogP contribution in [0.3, 0.4) is 0 Å². The second-order valence-corrected chi connectivity index (χ2v) is 8.26. The molecule has 0 fully saturated rings. The number of methoxy groups -OCH3 is 1. The lowest BCUT2D eigenvalue weighted by Crippen LogP contribution is -2.13. The number of hydrogen-bond donors (Lipinski definition) is 1. The molecular formula is C30H26N2O3. The second-order valence-electron chi connectivity index (χ2n) is 8.26. The average molecular weight is 463 g/mol. The smallest absolute Gasteiger partial charge is 0.266 e. The van der Waals surface area contributed by atoms with Crippen LogP contribution >= 0.6 is 0 Å². The Morgan fingerprint density at radius 3 is 2.51 bits per heavy atom. The molecular weight excluding hydrogens is 436 g/mol. The van der Waals surface area contributed by atoms with Crippen molar-refractivity contribution < 1.29 is 14.3 Å². The number of carbonyl (C=O) groups excluding carboxylic acids is 1. The summed E-state index contributed by atoms with van der Waals surface area (Å²) in [5.41, 5.74) is 4.57. The number of nitriles is 1. The van der Waals surface area contributed by atoms with Gasteiger partial charge in [-0.3, -0.25) is 4.79 Å². The lowest BCUT2D eigenvalue weighted by Gasteiger charge is -2.13.